The molecule has 1 unspecified atom stereocenters. The summed E-state index contributed by atoms with van der Waals surface area (Å²) in [6, 6.07) is 6.70. The summed E-state index contributed by atoms with van der Waals surface area (Å²) in [5, 5.41) is 8.24. The van der Waals surface area contributed by atoms with Crippen molar-refractivity contribution in [1.82, 2.24) is 20.5 Å². The Kier molecular flexibility index (Phi) is 6.07. The van der Waals surface area contributed by atoms with Crippen LogP contribution in [0.5, 0.6) is 0 Å². The zero-order valence-electron chi connectivity index (χ0n) is 17.6. The number of nitrogens with one attached hydrogen (secondary N) is 3. The minimum absolute atomic E-state index is 0.269. The first kappa shape index (κ1) is 19.8. The molecule has 1 aromatic heterocycles. The van der Waals surface area contributed by atoms with Crippen LogP contribution in [-0.4, -0.2) is 54.5 Å². The van der Waals surface area contributed by atoms with Gasteiger partial charge in [-0.05, 0) is 43.7 Å². The number of guanidine groups is 1. The Bertz CT molecular complexity index is 881. The first-order chi connectivity index (χ1) is 14.2. The highest BCUT2D eigenvalue weighted by Gasteiger charge is 2.32. The standard InChI is InChI=1S/C23H33N5O/c1-16-6-5-9-20-18(14-26-21(16)20)10-12-25-23(24-2)27-19-11-13-28(15-19)22(29)17-7-3-4-8-17/h5-6,9,14,17,19,26H,3-4,7-8,10-13,15H2,1-2H3,(H2,24,25,27). The molecule has 29 heavy (non-hydrogen) atoms. The molecule has 1 saturated heterocycles. The lowest BCUT2D eigenvalue weighted by Gasteiger charge is -2.21. The number of para-hydroxylation sites is 1. The summed E-state index contributed by atoms with van der Waals surface area (Å²) in [6.07, 6.45) is 8.59. The molecule has 2 aromatic rings. The van der Waals surface area contributed by atoms with Crippen LogP contribution in [0.3, 0.4) is 0 Å². The number of amides is 1. The topological polar surface area (TPSA) is 72.5 Å². The Morgan fingerprint density at radius 1 is 1.28 bits per heavy atom. The van der Waals surface area contributed by atoms with E-state index in [-0.39, 0.29) is 12.0 Å². The largest absolute Gasteiger partial charge is 0.361 e. The quantitative estimate of drug-likeness (QED) is 0.538. The van der Waals surface area contributed by atoms with E-state index >= 15 is 0 Å². The van der Waals surface area contributed by atoms with E-state index in [1.807, 2.05) is 0 Å². The highest BCUT2D eigenvalue weighted by atomic mass is 16.2. The van der Waals surface area contributed by atoms with Gasteiger partial charge in [0.25, 0.3) is 0 Å². The number of aliphatic imine (C=N–C) groups is 1. The second-order valence-corrected chi connectivity index (χ2v) is 8.46. The average Bonchev–Trinajstić information content (AvgIpc) is 3.48. The molecule has 6 heteroatoms. The van der Waals surface area contributed by atoms with Crippen LogP contribution in [0.25, 0.3) is 10.9 Å². The first-order valence-electron chi connectivity index (χ1n) is 11.0. The van der Waals surface area contributed by atoms with Crippen molar-refractivity contribution in [3.63, 3.8) is 0 Å². The molecule has 1 amide bonds. The summed E-state index contributed by atoms with van der Waals surface area (Å²) in [6.45, 7) is 4.60. The highest BCUT2D eigenvalue weighted by Crippen LogP contribution is 2.28. The van der Waals surface area contributed by atoms with E-state index in [0.29, 0.717) is 5.91 Å². The maximum atomic E-state index is 12.6. The maximum Gasteiger partial charge on any atom is 0.225 e. The average molecular weight is 396 g/mol. The molecule has 1 aromatic carbocycles. The Labute approximate surface area is 173 Å². The summed E-state index contributed by atoms with van der Waals surface area (Å²) in [5.74, 6) is 1.46. The lowest BCUT2D eigenvalue weighted by molar-refractivity contribution is -0.134. The number of hydrogen-bond donors (Lipinski definition) is 3. The molecule has 6 nitrogen and oxygen atoms in total. The third-order valence-electron chi connectivity index (χ3n) is 6.47. The van der Waals surface area contributed by atoms with Crippen molar-refractivity contribution in [2.24, 2.45) is 10.9 Å². The van der Waals surface area contributed by atoms with Crippen molar-refractivity contribution >= 4 is 22.8 Å². The van der Waals surface area contributed by atoms with Crippen molar-refractivity contribution in [3.05, 3.63) is 35.5 Å². The number of H-pyrrole nitrogens is 1. The number of aromatic nitrogens is 1. The molecule has 3 N–H and O–H groups in total. The Hall–Kier alpha value is -2.50. The van der Waals surface area contributed by atoms with Crippen LogP contribution in [0, 0.1) is 12.8 Å². The molecular formula is C23H33N5O. The summed E-state index contributed by atoms with van der Waals surface area (Å²) in [5.41, 5.74) is 3.82. The summed E-state index contributed by atoms with van der Waals surface area (Å²) in [4.78, 5) is 22.5. The summed E-state index contributed by atoms with van der Waals surface area (Å²) in [7, 11) is 1.81. The molecular weight excluding hydrogens is 362 g/mol. The second kappa shape index (κ2) is 8.89. The van der Waals surface area contributed by atoms with Crippen molar-refractivity contribution in [3.8, 4) is 0 Å². The summed E-state index contributed by atoms with van der Waals surface area (Å²) >= 11 is 0. The highest BCUT2D eigenvalue weighted by molar-refractivity contribution is 5.86. The third kappa shape index (κ3) is 4.41. The van der Waals surface area contributed by atoms with E-state index in [0.717, 1.165) is 51.3 Å². The van der Waals surface area contributed by atoms with Crippen LogP contribution < -0.4 is 10.6 Å². The molecule has 2 aliphatic rings. The number of nitrogens with zero attached hydrogens (tertiary/aromatic N) is 2. The van der Waals surface area contributed by atoms with Crippen LogP contribution >= 0.6 is 0 Å². The van der Waals surface area contributed by atoms with Gasteiger partial charge in [-0.2, -0.15) is 0 Å². The maximum absolute atomic E-state index is 12.6. The second-order valence-electron chi connectivity index (χ2n) is 8.46. The lowest BCUT2D eigenvalue weighted by Crippen LogP contribution is -2.45. The van der Waals surface area contributed by atoms with E-state index < -0.39 is 0 Å². The number of likely N-dealkylation sites (tertiary alicyclic amines) is 1. The minimum Gasteiger partial charge on any atom is -0.361 e. The zero-order valence-corrected chi connectivity index (χ0v) is 17.6. The van der Waals surface area contributed by atoms with Gasteiger partial charge >= 0.3 is 0 Å². The van der Waals surface area contributed by atoms with E-state index in [1.54, 1.807) is 7.05 Å². The fourth-order valence-electron chi connectivity index (χ4n) is 4.78. The van der Waals surface area contributed by atoms with E-state index in [9.17, 15) is 4.79 Å². The van der Waals surface area contributed by atoms with Crippen molar-refractivity contribution < 1.29 is 4.79 Å². The number of benzene rings is 1. The fourth-order valence-corrected chi connectivity index (χ4v) is 4.78. The summed E-state index contributed by atoms with van der Waals surface area (Å²) < 4.78 is 0. The Morgan fingerprint density at radius 2 is 2.10 bits per heavy atom. The minimum atomic E-state index is 0.269. The molecule has 0 bridgehead atoms. The number of carbonyl (C=O) groups is 1. The number of aromatic amines is 1. The van der Waals surface area contributed by atoms with Crippen molar-refractivity contribution in [2.45, 2.75) is 51.5 Å². The van der Waals surface area contributed by atoms with E-state index in [2.05, 4.69) is 56.8 Å². The molecule has 2 heterocycles. The number of fused-ring (bicyclic) bond motifs is 1. The SMILES string of the molecule is CN=C(NCCc1c[nH]c2c(C)cccc12)NC1CCN(C(=O)C2CCCC2)C1. The smallest absolute Gasteiger partial charge is 0.225 e. The molecule has 0 spiro atoms. The van der Waals surface area contributed by atoms with Gasteiger partial charge in [0, 0.05) is 55.7 Å². The van der Waals surface area contributed by atoms with E-state index in [4.69, 9.17) is 0 Å². The van der Waals surface area contributed by atoms with Gasteiger partial charge < -0.3 is 20.5 Å². The van der Waals surface area contributed by atoms with E-state index in [1.165, 1.54) is 34.9 Å². The predicted molar refractivity (Wildman–Crippen MR) is 118 cm³/mol. The zero-order chi connectivity index (χ0) is 20.2. The van der Waals surface area contributed by atoms with Gasteiger partial charge in [0.1, 0.15) is 0 Å². The van der Waals surface area contributed by atoms with Crippen LogP contribution in [-0.2, 0) is 11.2 Å². The van der Waals surface area contributed by atoms with Gasteiger partial charge in [-0.3, -0.25) is 9.79 Å². The molecule has 0 radical (unpaired) electrons. The van der Waals surface area contributed by atoms with Gasteiger partial charge in [-0.15, -0.1) is 0 Å². The van der Waals surface area contributed by atoms with Crippen LogP contribution in [0.4, 0.5) is 0 Å². The van der Waals surface area contributed by atoms with Gasteiger partial charge in [0.05, 0.1) is 0 Å². The van der Waals surface area contributed by atoms with Gasteiger partial charge in [-0.1, -0.05) is 31.0 Å². The lowest BCUT2D eigenvalue weighted by atomic mass is 10.1. The molecule has 4 rings (SSSR count). The molecule has 1 atom stereocenters. The normalized spacial score (nSPS) is 20.6. The molecule has 1 aliphatic heterocycles. The number of carbonyl (C=O) groups excluding carboxylic acids is 1. The monoisotopic (exact) mass is 395 g/mol. The number of rotatable bonds is 5. The van der Waals surface area contributed by atoms with Gasteiger partial charge in [-0.25, -0.2) is 0 Å². The van der Waals surface area contributed by atoms with Crippen molar-refractivity contribution in [1.29, 1.82) is 0 Å². The fraction of sp³-hybridized carbons (Fsp3) is 0.565. The molecule has 1 saturated carbocycles. The van der Waals surface area contributed by atoms with Crippen molar-refractivity contribution in [2.75, 3.05) is 26.7 Å². The van der Waals surface area contributed by atoms with Crippen LogP contribution in [0.1, 0.15) is 43.2 Å². The number of aryl methyl sites for hydroxylation is 1. The number of hydrogen-bond acceptors (Lipinski definition) is 2. The van der Waals surface area contributed by atoms with Crippen LogP contribution in [0.2, 0.25) is 0 Å². The first-order valence-corrected chi connectivity index (χ1v) is 11.0. The van der Waals surface area contributed by atoms with Gasteiger partial charge in [0.15, 0.2) is 5.96 Å². The Balaban J connectivity index is 1.25. The third-order valence-corrected chi connectivity index (χ3v) is 6.47. The molecule has 1 aliphatic carbocycles. The Morgan fingerprint density at radius 3 is 2.90 bits per heavy atom. The van der Waals surface area contributed by atoms with Crippen LogP contribution in [0.15, 0.2) is 29.4 Å². The predicted octanol–water partition coefficient (Wildman–Crippen LogP) is 2.97. The molecule has 156 valence electrons. The molecule has 2 fully saturated rings. The van der Waals surface area contributed by atoms with Gasteiger partial charge in [0.2, 0.25) is 5.91 Å².